The number of guanidine groups is 1. The highest BCUT2D eigenvalue weighted by atomic mass is 127. The summed E-state index contributed by atoms with van der Waals surface area (Å²) in [6.45, 7) is 2.37. The van der Waals surface area contributed by atoms with Crippen molar-refractivity contribution >= 4 is 29.9 Å². The fourth-order valence-corrected chi connectivity index (χ4v) is 2.61. The lowest BCUT2D eigenvalue weighted by Crippen LogP contribution is -2.38. The second kappa shape index (κ2) is 9.69. The van der Waals surface area contributed by atoms with E-state index in [4.69, 9.17) is 15.2 Å². The van der Waals surface area contributed by atoms with Crippen molar-refractivity contribution in [1.29, 1.82) is 0 Å². The second-order valence-corrected chi connectivity index (χ2v) is 5.42. The molecule has 0 amide bonds. The van der Waals surface area contributed by atoms with Crippen molar-refractivity contribution in [1.82, 2.24) is 4.90 Å². The molecular weight excluding hydrogens is 409 g/mol. The van der Waals surface area contributed by atoms with Crippen LogP contribution in [0.1, 0.15) is 31.2 Å². The van der Waals surface area contributed by atoms with Crippen molar-refractivity contribution in [2.75, 3.05) is 27.3 Å². The van der Waals surface area contributed by atoms with Crippen LogP contribution >= 0.6 is 24.0 Å². The largest absolute Gasteiger partial charge is 0.502 e. The smallest absolute Gasteiger partial charge is 0.200 e. The number of phenols is 1. The summed E-state index contributed by atoms with van der Waals surface area (Å²) in [7, 11) is 3.01. The summed E-state index contributed by atoms with van der Waals surface area (Å²) in [6, 6.07) is 3.49. The molecule has 0 saturated carbocycles. The van der Waals surface area contributed by atoms with E-state index >= 15 is 0 Å². The van der Waals surface area contributed by atoms with Crippen LogP contribution in [0.4, 0.5) is 0 Å². The van der Waals surface area contributed by atoms with Crippen molar-refractivity contribution in [3.8, 4) is 17.2 Å². The van der Waals surface area contributed by atoms with E-state index in [2.05, 4.69) is 9.89 Å². The summed E-state index contributed by atoms with van der Waals surface area (Å²) >= 11 is 0. The topological polar surface area (TPSA) is 80.3 Å². The van der Waals surface area contributed by atoms with Gasteiger partial charge in [-0.1, -0.05) is 12.8 Å². The number of ether oxygens (including phenoxy) is 2. The van der Waals surface area contributed by atoms with Crippen LogP contribution in [0.3, 0.4) is 0 Å². The molecule has 1 aliphatic rings. The lowest BCUT2D eigenvalue weighted by atomic mass is 10.2. The summed E-state index contributed by atoms with van der Waals surface area (Å²) < 4.78 is 10.3. The highest BCUT2D eigenvalue weighted by molar-refractivity contribution is 14.0. The molecule has 1 aliphatic heterocycles. The van der Waals surface area contributed by atoms with Gasteiger partial charge in [-0.15, -0.1) is 24.0 Å². The molecular formula is C16H26IN3O3. The first-order valence-electron chi connectivity index (χ1n) is 7.64. The fraction of sp³-hybridized carbons (Fsp3) is 0.562. The molecule has 0 unspecified atom stereocenters. The summed E-state index contributed by atoms with van der Waals surface area (Å²) in [5.74, 6) is 1.32. The number of hydrogen-bond acceptors (Lipinski definition) is 4. The summed E-state index contributed by atoms with van der Waals surface area (Å²) in [6.07, 6.45) is 4.85. The summed E-state index contributed by atoms with van der Waals surface area (Å²) in [5.41, 5.74) is 6.98. The number of methoxy groups -OCH3 is 2. The molecule has 1 heterocycles. The van der Waals surface area contributed by atoms with Gasteiger partial charge < -0.3 is 25.2 Å². The second-order valence-electron chi connectivity index (χ2n) is 5.42. The third-order valence-corrected chi connectivity index (χ3v) is 3.89. The van der Waals surface area contributed by atoms with Crippen LogP contribution in [0.5, 0.6) is 17.2 Å². The van der Waals surface area contributed by atoms with Crippen LogP contribution in [0.2, 0.25) is 0 Å². The molecule has 1 saturated heterocycles. The average Bonchev–Trinajstić information content (AvgIpc) is 2.82. The van der Waals surface area contributed by atoms with E-state index < -0.39 is 0 Å². The van der Waals surface area contributed by atoms with Gasteiger partial charge in [-0.05, 0) is 30.5 Å². The number of hydrogen-bond donors (Lipinski definition) is 2. The normalized spacial score (nSPS) is 15.6. The maximum Gasteiger partial charge on any atom is 0.200 e. The molecule has 1 fully saturated rings. The Bertz CT molecular complexity index is 504. The third-order valence-electron chi connectivity index (χ3n) is 3.89. The molecule has 23 heavy (non-hydrogen) atoms. The number of aromatic hydroxyl groups is 1. The van der Waals surface area contributed by atoms with Crippen molar-refractivity contribution in [2.45, 2.75) is 32.2 Å². The van der Waals surface area contributed by atoms with Crippen LogP contribution < -0.4 is 15.2 Å². The Morgan fingerprint density at radius 3 is 2.13 bits per heavy atom. The van der Waals surface area contributed by atoms with Gasteiger partial charge in [-0.25, -0.2) is 4.99 Å². The molecule has 1 aromatic rings. The highest BCUT2D eigenvalue weighted by Gasteiger charge is 2.13. The molecule has 0 aromatic heterocycles. The number of nitrogens with zero attached hydrogens (tertiary/aromatic N) is 2. The van der Waals surface area contributed by atoms with Gasteiger partial charge >= 0.3 is 0 Å². The number of benzene rings is 1. The molecule has 130 valence electrons. The van der Waals surface area contributed by atoms with E-state index in [0.717, 1.165) is 31.5 Å². The molecule has 0 spiro atoms. The van der Waals surface area contributed by atoms with E-state index in [-0.39, 0.29) is 29.7 Å². The van der Waals surface area contributed by atoms with Crippen LogP contribution in [-0.2, 0) is 6.54 Å². The standard InChI is InChI=1S/C16H25N3O3.HI/c1-21-13-9-12(10-14(22-2)15(13)20)11-18-16(17)19-7-5-3-4-6-8-19;/h9-10,20H,3-8,11H2,1-2H3,(H2,17,18);1H. The maximum atomic E-state index is 9.91. The molecule has 0 bridgehead atoms. The third kappa shape index (κ3) is 5.33. The van der Waals surface area contributed by atoms with Crippen LogP contribution in [0.15, 0.2) is 17.1 Å². The number of aliphatic imine (C=N–C) groups is 1. The predicted molar refractivity (Wildman–Crippen MR) is 102 cm³/mol. The van der Waals surface area contributed by atoms with Gasteiger partial charge in [0.05, 0.1) is 20.8 Å². The molecule has 1 aromatic carbocycles. The van der Waals surface area contributed by atoms with E-state index in [9.17, 15) is 5.11 Å². The van der Waals surface area contributed by atoms with Gasteiger partial charge in [0.2, 0.25) is 5.75 Å². The number of nitrogens with two attached hydrogens (primary N) is 1. The Morgan fingerprint density at radius 1 is 1.13 bits per heavy atom. The lowest BCUT2D eigenvalue weighted by Gasteiger charge is -2.21. The Hall–Kier alpha value is -1.38. The molecule has 0 atom stereocenters. The van der Waals surface area contributed by atoms with Gasteiger partial charge in [0, 0.05) is 13.1 Å². The molecule has 6 nitrogen and oxygen atoms in total. The van der Waals surface area contributed by atoms with E-state index in [1.54, 1.807) is 12.1 Å². The first-order chi connectivity index (χ1) is 10.7. The minimum absolute atomic E-state index is 0. The number of rotatable bonds is 4. The Labute approximate surface area is 154 Å². The molecule has 0 aliphatic carbocycles. The van der Waals surface area contributed by atoms with Crippen molar-refractivity contribution in [3.05, 3.63) is 17.7 Å². The average molecular weight is 435 g/mol. The zero-order valence-electron chi connectivity index (χ0n) is 13.7. The van der Waals surface area contributed by atoms with Crippen molar-refractivity contribution in [3.63, 3.8) is 0 Å². The molecule has 3 N–H and O–H groups in total. The molecule has 7 heteroatoms. The Balaban J connectivity index is 0.00000264. The van der Waals surface area contributed by atoms with Gasteiger partial charge in [0.15, 0.2) is 17.5 Å². The summed E-state index contributed by atoms with van der Waals surface area (Å²) in [5, 5.41) is 9.91. The van der Waals surface area contributed by atoms with E-state index in [1.807, 2.05) is 0 Å². The molecule has 0 radical (unpaired) electrons. The fourth-order valence-electron chi connectivity index (χ4n) is 2.61. The highest BCUT2D eigenvalue weighted by Crippen LogP contribution is 2.37. The van der Waals surface area contributed by atoms with Crippen molar-refractivity contribution in [2.24, 2.45) is 10.7 Å². The van der Waals surface area contributed by atoms with Gasteiger partial charge in [0.25, 0.3) is 0 Å². The van der Waals surface area contributed by atoms with E-state index in [1.165, 1.54) is 27.1 Å². The zero-order chi connectivity index (χ0) is 15.9. The predicted octanol–water partition coefficient (Wildman–Crippen LogP) is 2.72. The zero-order valence-corrected chi connectivity index (χ0v) is 16.1. The molecule has 2 rings (SSSR count). The lowest BCUT2D eigenvalue weighted by molar-refractivity contribution is 0.339. The van der Waals surface area contributed by atoms with Crippen LogP contribution in [-0.4, -0.2) is 43.3 Å². The Morgan fingerprint density at radius 2 is 1.65 bits per heavy atom. The quantitative estimate of drug-likeness (QED) is 0.432. The first kappa shape index (κ1) is 19.7. The summed E-state index contributed by atoms with van der Waals surface area (Å²) in [4.78, 5) is 6.61. The number of likely N-dealkylation sites (tertiary alicyclic amines) is 1. The minimum atomic E-state index is -0.00165. The van der Waals surface area contributed by atoms with Gasteiger partial charge in [0.1, 0.15) is 0 Å². The Kier molecular flexibility index (Phi) is 8.29. The number of phenolic OH excluding ortho intramolecular Hbond substituents is 1. The monoisotopic (exact) mass is 435 g/mol. The SMILES string of the molecule is COc1cc(CN=C(N)N2CCCCCC2)cc(OC)c1O.I. The van der Waals surface area contributed by atoms with Gasteiger partial charge in [-0.2, -0.15) is 0 Å². The maximum absolute atomic E-state index is 9.91. The minimum Gasteiger partial charge on any atom is -0.502 e. The van der Waals surface area contributed by atoms with Crippen LogP contribution in [0.25, 0.3) is 0 Å². The van der Waals surface area contributed by atoms with E-state index in [0.29, 0.717) is 24.0 Å². The van der Waals surface area contributed by atoms with Gasteiger partial charge in [-0.3, -0.25) is 0 Å². The first-order valence-corrected chi connectivity index (χ1v) is 7.64. The van der Waals surface area contributed by atoms with Crippen LogP contribution in [0, 0.1) is 0 Å². The van der Waals surface area contributed by atoms with Crippen molar-refractivity contribution < 1.29 is 14.6 Å². The number of halogens is 1.